The second-order valence-corrected chi connectivity index (χ2v) is 3.98. The lowest BCUT2D eigenvalue weighted by atomic mass is 9.94. The Kier molecular flexibility index (Phi) is 3.91. The van der Waals surface area contributed by atoms with Gasteiger partial charge in [0.15, 0.2) is 0 Å². The number of nitrogens with two attached hydrogens (primary N) is 1. The van der Waals surface area contributed by atoms with E-state index in [-0.39, 0.29) is 12.1 Å². The van der Waals surface area contributed by atoms with Gasteiger partial charge in [-0.15, -0.1) is 0 Å². The highest BCUT2D eigenvalue weighted by molar-refractivity contribution is 5.65. The van der Waals surface area contributed by atoms with E-state index in [9.17, 15) is 0 Å². The van der Waals surface area contributed by atoms with Gasteiger partial charge in [-0.05, 0) is 25.8 Å². The van der Waals surface area contributed by atoms with Crippen molar-refractivity contribution in [3.05, 3.63) is 18.5 Å². The topological polar surface area (TPSA) is 71.2 Å². The van der Waals surface area contributed by atoms with E-state index < -0.39 is 0 Å². The molecule has 0 fully saturated rings. The zero-order chi connectivity index (χ0) is 11.3. The van der Waals surface area contributed by atoms with Crippen molar-refractivity contribution in [2.75, 3.05) is 17.7 Å². The van der Waals surface area contributed by atoms with E-state index in [4.69, 9.17) is 10.8 Å². The molecule has 0 bridgehead atoms. The third kappa shape index (κ3) is 3.09. The monoisotopic (exact) mass is 209 g/mol. The van der Waals surface area contributed by atoms with Crippen molar-refractivity contribution in [1.82, 2.24) is 4.98 Å². The molecular formula is C11H19N3O. The first-order chi connectivity index (χ1) is 7.11. The van der Waals surface area contributed by atoms with Crippen LogP contribution in [0, 0.1) is 0 Å². The number of hydrogen-bond acceptors (Lipinski definition) is 4. The molecule has 1 heterocycles. The van der Waals surface area contributed by atoms with E-state index >= 15 is 0 Å². The minimum Gasteiger partial charge on any atom is -0.396 e. The minimum absolute atomic E-state index is 0.121. The molecule has 4 nitrogen and oxygen atoms in total. The molecule has 0 aliphatic carbocycles. The van der Waals surface area contributed by atoms with Crippen molar-refractivity contribution in [1.29, 1.82) is 0 Å². The van der Waals surface area contributed by atoms with Gasteiger partial charge in [0, 0.05) is 18.3 Å². The molecule has 0 aliphatic heterocycles. The van der Waals surface area contributed by atoms with Crippen molar-refractivity contribution in [2.24, 2.45) is 0 Å². The number of nitrogens with one attached hydrogen (secondary N) is 1. The standard InChI is InChI=1S/C11H19N3O/c1-3-11(2,5-7-15)14-10-4-6-13-8-9(10)12/h4,6,8,15H,3,5,7,12H2,1-2H3,(H,13,14). The summed E-state index contributed by atoms with van der Waals surface area (Å²) in [4.78, 5) is 3.93. The van der Waals surface area contributed by atoms with E-state index in [1.54, 1.807) is 12.4 Å². The molecule has 0 radical (unpaired) electrons. The molecular weight excluding hydrogens is 190 g/mol. The molecule has 0 spiro atoms. The van der Waals surface area contributed by atoms with Crippen molar-refractivity contribution in [2.45, 2.75) is 32.2 Å². The predicted octanol–water partition coefficient (Wildman–Crippen LogP) is 1.63. The minimum atomic E-state index is -0.121. The molecule has 0 saturated carbocycles. The molecule has 0 saturated heterocycles. The number of nitrogens with zero attached hydrogens (tertiary/aromatic N) is 1. The van der Waals surface area contributed by atoms with Crippen LogP contribution in [0.4, 0.5) is 11.4 Å². The first-order valence-corrected chi connectivity index (χ1v) is 5.20. The summed E-state index contributed by atoms with van der Waals surface area (Å²) in [6.45, 7) is 4.32. The second kappa shape index (κ2) is 4.98. The Balaban J connectivity index is 2.79. The molecule has 1 rings (SSSR count). The Labute approximate surface area is 90.5 Å². The van der Waals surface area contributed by atoms with Crippen LogP contribution in [0.2, 0.25) is 0 Å². The fourth-order valence-corrected chi connectivity index (χ4v) is 1.42. The molecule has 1 aromatic rings. The molecule has 0 aliphatic rings. The maximum absolute atomic E-state index is 9.00. The number of rotatable bonds is 5. The van der Waals surface area contributed by atoms with Crippen LogP contribution in [0.3, 0.4) is 0 Å². The SMILES string of the molecule is CCC(C)(CCO)Nc1ccncc1N. The van der Waals surface area contributed by atoms with E-state index in [2.05, 4.69) is 24.1 Å². The summed E-state index contributed by atoms with van der Waals surface area (Å²) in [6.07, 6.45) is 4.95. The number of pyridine rings is 1. The van der Waals surface area contributed by atoms with Gasteiger partial charge in [0.1, 0.15) is 0 Å². The molecule has 1 aromatic heterocycles. The number of nitrogen functional groups attached to an aromatic ring is 1. The third-order valence-corrected chi connectivity index (χ3v) is 2.73. The second-order valence-electron chi connectivity index (χ2n) is 3.98. The first-order valence-electron chi connectivity index (χ1n) is 5.20. The smallest absolute Gasteiger partial charge is 0.0736 e. The molecule has 0 amide bonds. The average molecular weight is 209 g/mol. The summed E-state index contributed by atoms with van der Waals surface area (Å²) in [5, 5.41) is 12.3. The summed E-state index contributed by atoms with van der Waals surface area (Å²) in [7, 11) is 0. The Hall–Kier alpha value is -1.29. The van der Waals surface area contributed by atoms with Crippen LogP contribution in [-0.2, 0) is 0 Å². The molecule has 4 N–H and O–H groups in total. The summed E-state index contributed by atoms with van der Waals surface area (Å²) < 4.78 is 0. The van der Waals surface area contributed by atoms with Gasteiger partial charge in [0.2, 0.25) is 0 Å². The number of aliphatic hydroxyl groups excluding tert-OH is 1. The van der Waals surface area contributed by atoms with Gasteiger partial charge in [-0.1, -0.05) is 6.92 Å². The highest BCUT2D eigenvalue weighted by atomic mass is 16.3. The van der Waals surface area contributed by atoms with Crippen LogP contribution in [0.15, 0.2) is 18.5 Å². The van der Waals surface area contributed by atoms with Crippen LogP contribution in [-0.4, -0.2) is 22.2 Å². The highest BCUT2D eigenvalue weighted by Gasteiger charge is 2.21. The Morgan fingerprint density at radius 3 is 2.87 bits per heavy atom. The molecule has 0 aromatic carbocycles. The summed E-state index contributed by atoms with van der Waals surface area (Å²) in [5.41, 5.74) is 7.18. The van der Waals surface area contributed by atoms with Crippen LogP contribution in [0.25, 0.3) is 0 Å². The normalized spacial score (nSPS) is 14.6. The van der Waals surface area contributed by atoms with Gasteiger partial charge in [0.05, 0.1) is 17.6 Å². The number of anilines is 2. The third-order valence-electron chi connectivity index (χ3n) is 2.73. The average Bonchev–Trinajstić information content (AvgIpc) is 2.22. The van der Waals surface area contributed by atoms with E-state index in [0.29, 0.717) is 12.1 Å². The molecule has 1 unspecified atom stereocenters. The van der Waals surface area contributed by atoms with Crippen molar-refractivity contribution in [3.8, 4) is 0 Å². The van der Waals surface area contributed by atoms with Crippen LogP contribution in [0.5, 0.6) is 0 Å². The largest absolute Gasteiger partial charge is 0.396 e. The Morgan fingerprint density at radius 1 is 1.60 bits per heavy atom. The van der Waals surface area contributed by atoms with Crippen molar-refractivity contribution in [3.63, 3.8) is 0 Å². The van der Waals surface area contributed by atoms with Crippen molar-refractivity contribution >= 4 is 11.4 Å². The predicted molar refractivity (Wildman–Crippen MR) is 62.7 cm³/mol. The molecule has 1 atom stereocenters. The number of hydrogen-bond donors (Lipinski definition) is 3. The summed E-state index contributed by atoms with van der Waals surface area (Å²) in [6, 6.07) is 1.85. The van der Waals surface area contributed by atoms with E-state index in [1.165, 1.54) is 0 Å². The first kappa shape index (κ1) is 11.8. The molecule has 15 heavy (non-hydrogen) atoms. The zero-order valence-corrected chi connectivity index (χ0v) is 9.33. The number of aromatic nitrogens is 1. The van der Waals surface area contributed by atoms with Gasteiger partial charge in [-0.2, -0.15) is 0 Å². The van der Waals surface area contributed by atoms with Crippen molar-refractivity contribution < 1.29 is 5.11 Å². The quantitative estimate of drug-likeness (QED) is 0.689. The Bertz CT molecular complexity index is 316. The van der Waals surface area contributed by atoms with Gasteiger partial charge in [-0.3, -0.25) is 4.98 Å². The van der Waals surface area contributed by atoms with Gasteiger partial charge in [-0.25, -0.2) is 0 Å². The fourth-order valence-electron chi connectivity index (χ4n) is 1.42. The lowest BCUT2D eigenvalue weighted by molar-refractivity contribution is 0.252. The van der Waals surface area contributed by atoms with Crippen LogP contribution in [0.1, 0.15) is 26.7 Å². The Morgan fingerprint density at radius 2 is 2.33 bits per heavy atom. The van der Waals surface area contributed by atoms with Gasteiger partial charge >= 0.3 is 0 Å². The van der Waals surface area contributed by atoms with Gasteiger partial charge < -0.3 is 16.2 Å². The molecule has 4 heteroatoms. The summed E-state index contributed by atoms with van der Waals surface area (Å²) in [5.74, 6) is 0. The molecule has 84 valence electrons. The highest BCUT2D eigenvalue weighted by Crippen LogP contribution is 2.24. The summed E-state index contributed by atoms with van der Waals surface area (Å²) >= 11 is 0. The van der Waals surface area contributed by atoms with E-state index in [0.717, 1.165) is 12.1 Å². The van der Waals surface area contributed by atoms with Crippen LogP contribution >= 0.6 is 0 Å². The van der Waals surface area contributed by atoms with Crippen LogP contribution < -0.4 is 11.1 Å². The maximum atomic E-state index is 9.00. The lowest BCUT2D eigenvalue weighted by Gasteiger charge is -2.30. The fraction of sp³-hybridized carbons (Fsp3) is 0.545. The van der Waals surface area contributed by atoms with Gasteiger partial charge in [0.25, 0.3) is 0 Å². The maximum Gasteiger partial charge on any atom is 0.0736 e. The number of aliphatic hydroxyl groups is 1. The van der Waals surface area contributed by atoms with E-state index in [1.807, 2.05) is 6.07 Å². The zero-order valence-electron chi connectivity index (χ0n) is 9.33. The lowest BCUT2D eigenvalue weighted by Crippen LogP contribution is -2.35.